The Bertz CT molecular complexity index is 864. The molecule has 1 unspecified atom stereocenters. The Kier molecular flexibility index (Phi) is 6.41. The normalized spacial score (nSPS) is 19.5. The van der Waals surface area contributed by atoms with Crippen molar-refractivity contribution in [2.45, 2.75) is 25.3 Å². The van der Waals surface area contributed by atoms with Crippen molar-refractivity contribution < 1.29 is 27.3 Å². The summed E-state index contributed by atoms with van der Waals surface area (Å²) in [4.78, 5) is 2.66. The summed E-state index contributed by atoms with van der Waals surface area (Å²) in [7, 11) is -0.852. The molecule has 1 aliphatic rings. The summed E-state index contributed by atoms with van der Waals surface area (Å²) in [5, 5.41) is 2.08. The molecule has 0 fully saturated rings. The monoisotopic (exact) mass is 411 g/mol. The SMILES string of the molecule is COc1cc2c(cc1OC)[C@@H](c1cccs1)[NH+](CCCCS(=O)(=O)[O-])CC2. The number of rotatable bonds is 8. The molecule has 6 nitrogen and oxygen atoms in total. The Balaban J connectivity index is 1.86. The van der Waals surface area contributed by atoms with Gasteiger partial charge in [-0.2, -0.15) is 0 Å². The molecular weight excluding hydrogens is 386 g/mol. The van der Waals surface area contributed by atoms with Crippen LogP contribution in [-0.4, -0.2) is 46.0 Å². The number of quaternary nitrogens is 1. The van der Waals surface area contributed by atoms with Crippen molar-refractivity contribution in [3.05, 3.63) is 45.6 Å². The summed E-state index contributed by atoms with van der Waals surface area (Å²) in [6.45, 7) is 1.78. The van der Waals surface area contributed by atoms with Crippen molar-refractivity contribution in [2.75, 3.05) is 33.1 Å². The second kappa shape index (κ2) is 8.60. The van der Waals surface area contributed by atoms with Crippen LogP contribution in [0.2, 0.25) is 0 Å². The number of thiophene rings is 1. The summed E-state index contributed by atoms with van der Waals surface area (Å²) in [5.41, 5.74) is 2.49. The van der Waals surface area contributed by atoms with Crippen LogP contribution in [0.1, 0.15) is 34.9 Å². The maximum Gasteiger partial charge on any atom is 0.161 e. The lowest BCUT2D eigenvalue weighted by Crippen LogP contribution is -3.13. The van der Waals surface area contributed by atoms with Crippen LogP contribution in [0.4, 0.5) is 0 Å². The smallest absolute Gasteiger partial charge is 0.161 e. The van der Waals surface area contributed by atoms with Gasteiger partial charge in [0, 0.05) is 17.7 Å². The third-order valence-corrected chi connectivity index (χ3v) is 6.78. The van der Waals surface area contributed by atoms with Gasteiger partial charge in [0.2, 0.25) is 0 Å². The zero-order valence-electron chi connectivity index (χ0n) is 15.6. The largest absolute Gasteiger partial charge is 0.748 e. The first kappa shape index (κ1) is 20.1. The highest BCUT2D eigenvalue weighted by Gasteiger charge is 2.34. The summed E-state index contributed by atoms with van der Waals surface area (Å²) < 4.78 is 43.5. The van der Waals surface area contributed by atoms with Crippen LogP contribution < -0.4 is 14.4 Å². The molecule has 0 spiro atoms. The van der Waals surface area contributed by atoms with E-state index in [1.54, 1.807) is 25.6 Å². The molecular formula is C19H25NO5S2. The van der Waals surface area contributed by atoms with Crippen molar-refractivity contribution >= 4 is 21.5 Å². The van der Waals surface area contributed by atoms with E-state index in [-0.39, 0.29) is 11.8 Å². The Morgan fingerprint density at radius 2 is 1.96 bits per heavy atom. The minimum Gasteiger partial charge on any atom is -0.748 e. The number of hydrogen-bond donors (Lipinski definition) is 1. The third kappa shape index (κ3) is 4.82. The van der Waals surface area contributed by atoms with Crippen molar-refractivity contribution in [2.24, 2.45) is 0 Å². The summed E-state index contributed by atoms with van der Waals surface area (Å²) in [6.07, 6.45) is 2.04. The van der Waals surface area contributed by atoms with E-state index >= 15 is 0 Å². The van der Waals surface area contributed by atoms with Gasteiger partial charge in [-0.15, -0.1) is 11.3 Å². The Morgan fingerprint density at radius 1 is 1.22 bits per heavy atom. The Hall–Kier alpha value is -1.61. The molecule has 0 bridgehead atoms. The van der Waals surface area contributed by atoms with Crippen LogP contribution >= 0.6 is 11.3 Å². The lowest BCUT2D eigenvalue weighted by Gasteiger charge is -2.34. The van der Waals surface area contributed by atoms with Crippen LogP contribution in [0.25, 0.3) is 0 Å². The molecule has 0 radical (unpaired) electrons. The molecule has 1 aliphatic heterocycles. The van der Waals surface area contributed by atoms with Gasteiger partial charge in [0.1, 0.15) is 6.04 Å². The van der Waals surface area contributed by atoms with Crippen molar-refractivity contribution in [3.8, 4) is 11.5 Å². The molecule has 1 aromatic heterocycles. The van der Waals surface area contributed by atoms with Crippen LogP contribution in [0.5, 0.6) is 11.5 Å². The van der Waals surface area contributed by atoms with Crippen LogP contribution in [0.3, 0.4) is 0 Å². The summed E-state index contributed by atoms with van der Waals surface area (Å²) >= 11 is 1.72. The predicted octanol–water partition coefficient (Wildman–Crippen LogP) is 1.62. The number of nitrogens with one attached hydrogen (secondary N) is 1. The highest BCUT2D eigenvalue weighted by molar-refractivity contribution is 7.85. The number of unbranched alkanes of at least 4 members (excludes halogenated alkanes) is 1. The first-order valence-corrected chi connectivity index (χ1v) is 11.4. The van der Waals surface area contributed by atoms with E-state index in [9.17, 15) is 13.0 Å². The minimum atomic E-state index is -4.14. The molecule has 1 aromatic carbocycles. The molecule has 3 rings (SSSR count). The molecule has 0 saturated carbocycles. The summed E-state index contributed by atoms with van der Waals surface area (Å²) in [5.74, 6) is 1.17. The maximum absolute atomic E-state index is 10.8. The first-order chi connectivity index (χ1) is 12.9. The fourth-order valence-corrected chi connectivity index (χ4v) is 5.25. The highest BCUT2D eigenvalue weighted by Crippen LogP contribution is 2.37. The van der Waals surface area contributed by atoms with E-state index in [2.05, 4.69) is 29.6 Å². The van der Waals surface area contributed by atoms with E-state index in [1.165, 1.54) is 20.9 Å². The van der Waals surface area contributed by atoms with Crippen LogP contribution in [0, 0.1) is 0 Å². The fraction of sp³-hybridized carbons (Fsp3) is 0.474. The molecule has 148 valence electrons. The quantitative estimate of drug-likeness (QED) is 0.527. The van der Waals surface area contributed by atoms with Crippen LogP contribution in [-0.2, 0) is 16.5 Å². The summed E-state index contributed by atoms with van der Waals surface area (Å²) in [6, 6.07) is 8.51. The number of ether oxygens (including phenoxy) is 2. The first-order valence-electron chi connectivity index (χ1n) is 8.99. The standard InChI is InChI=1S/C19H25NO5S2/c1-24-16-12-14-7-9-20(8-3-4-11-27(21,22)23)19(18-6-5-10-26-18)15(14)13-17(16)25-2/h5-6,10,12-13,19H,3-4,7-9,11H2,1-2H3,(H,21,22,23)/t19-/m0/s1. The predicted molar refractivity (Wildman–Crippen MR) is 104 cm³/mol. The van der Waals surface area contributed by atoms with E-state index in [0.717, 1.165) is 31.0 Å². The van der Waals surface area contributed by atoms with Gasteiger partial charge in [-0.05, 0) is 42.0 Å². The van der Waals surface area contributed by atoms with E-state index < -0.39 is 10.1 Å². The van der Waals surface area contributed by atoms with Gasteiger partial charge in [0.15, 0.2) is 11.5 Å². The van der Waals surface area contributed by atoms with E-state index in [1.807, 2.05) is 0 Å². The molecule has 27 heavy (non-hydrogen) atoms. The zero-order valence-corrected chi connectivity index (χ0v) is 17.2. The Labute approximate surface area is 164 Å². The second-order valence-corrected chi connectivity index (χ2v) is 9.23. The van der Waals surface area contributed by atoms with Crippen molar-refractivity contribution in [1.82, 2.24) is 0 Å². The van der Waals surface area contributed by atoms with Gasteiger partial charge in [0.25, 0.3) is 0 Å². The van der Waals surface area contributed by atoms with Crippen molar-refractivity contribution in [1.29, 1.82) is 0 Å². The topological polar surface area (TPSA) is 80.1 Å². The van der Waals surface area contributed by atoms with Gasteiger partial charge in [-0.3, -0.25) is 0 Å². The number of benzene rings is 1. The molecule has 0 aliphatic carbocycles. The molecule has 2 atom stereocenters. The van der Waals surface area contributed by atoms with Gasteiger partial charge < -0.3 is 18.9 Å². The van der Waals surface area contributed by atoms with Gasteiger partial charge in [-0.25, -0.2) is 8.42 Å². The van der Waals surface area contributed by atoms with Gasteiger partial charge in [0.05, 0.1) is 42.3 Å². The third-order valence-electron chi connectivity index (χ3n) is 5.05. The lowest BCUT2D eigenvalue weighted by atomic mass is 9.90. The van der Waals surface area contributed by atoms with Crippen LogP contribution in [0.15, 0.2) is 29.6 Å². The Morgan fingerprint density at radius 3 is 2.59 bits per heavy atom. The fourth-order valence-electron chi connectivity index (χ4n) is 3.79. The average Bonchev–Trinajstić information content (AvgIpc) is 3.17. The molecule has 0 amide bonds. The maximum atomic E-state index is 10.8. The lowest BCUT2D eigenvalue weighted by molar-refractivity contribution is -0.927. The minimum absolute atomic E-state index is 0.178. The van der Waals surface area contributed by atoms with Gasteiger partial charge >= 0.3 is 0 Å². The molecule has 1 N–H and O–H groups in total. The number of fused-ring (bicyclic) bond motifs is 1. The second-order valence-electron chi connectivity index (χ2n) is 6.73. The molecule has 2 heterocycles. The number of hydrogen-bond acceptors (Lipinski definition) is 6. The van der Waals surface area contributed by atoms with Gasteiger partial charge in [-0.1, -0.05) is 6.07 Å². The molecule has 8 heteroatoms. The van der Waals surface area contributed by atoms with Crippen molar-refractivity contribution in [3.63, 3.8) is 0 Å². The highest BCUT2D eigenvalue weighted by atomic mass is 32.2. The van der Waals surface area contributed by atoms with E-state index in [4.69, 9.17) is 9.47 Å². The average molecular weight is 412 g/mol. The molecule has 2 aromatic rings. The number of methoxy groups -OCH3 is 2. The zero-order chi connectivity index (χ0) is 19.4. The molecule has 0 saturated heterocycles. The van der Waals surface area contributed by atoms with E-state index in [0.29, 0.717) is 12.8 Å².